The van der Waals surface area contributed by atoms with Crippen molar-refractivity contribution in [2.45, 2.75) is 6.92 Å². The lowest BCUT2D eigenvalue weighted by molar-refractivity contribution is -0.114. The lowest BCUT2D eigenvalue weighted by Crippen LogP contribution is -2.05. The number of nitrogens with one attached hydrogen (secondary N) is 1. The van der Waals surface area contributed by atoms with Crippen LogP contribution in [0, 0.1) is 0 Å². The quantitative estimate of drug-likeness (QED) is 0.788. The van der Waals surface area contributed by atoms with E-state index in [9.17, 15) is 4.79 Å². The van der Waals surface area contributed by atoms with Gasteiger partial charge in [0.05, 0.1) is 0 Å². The first kappa shape index (κ1) is 13.1. The highest BCUT2D eigenvalue weighted by Gasteiger charge is 2.08. The van der Waals surface area contributed by atoms with Crippen molar-refractivity contribution in [2.24, 2.45) is 0 Å². The molecule has 0 aliphatic carbocycles. The molecule has 3 rings (SSSR count). The molecule has 3 aromatic rings. The summed E-state index contributed by atoms with van der Waals surface area (Å²) < 4.78 is 5.53. The number of carbonyl (C=O) groups excluding carboxylic acids is 1. The summed E-state index contributed by atoms with van der Waals surface area (Å²) in [7, 11) is 0. The Kier molecular flexibility index (Phi) is 3.51. The molecule has 21 heavy (non-hydrogen) atoms. The number of aromatic nitrogens is 1. The molecule has 0 radical (unpaired) electrons. The van der Waals surface area contributed by atoms with Crippen LogP contribution in [0.5, 0.6) is 0 Å². The van der Waals surface area contributed by atoms with Gasteiger partial charge in [0.1, 0.15) is 12.0 Å². The molecule has 0 atom stereocenters. The van der Waals surface area contributed by atoms with Crippen molar-refractivity contribution in [3.63, 3.8) is 0 Å². The van der Waals surface area contributed by atoms with Gasteiger partial charge in [-0.15, -0.1) is 0 Å². The molecule has 1 heterocycles. The lowest BCUT2D eigenvalue weighted by atomic mass is 10.2. The van der Waals surface area contributed by atoms with Gasteiger partial charge in [-0.25, -0.2) is 4.98 Å². The Morgan fingerprint density at radius 2 is 1.71 bits per heavy atom. The van der Waals surface area contributed by atoms with E-state index in [0.717, 1.165) is 22.5 Å². The van der Waals surface area contributed by atoms with Crippen molar-refractivity contribution in [3.05, 3.63) is 60.9 Å². The average Bonchev–Trinajstić information content (AvgIpc) is 2.98. The highest BCUT2D eigenvalue weighted by Crippen LogP contribution is 2.25. The highest BCUT2D eigenvalue weighted by atomic mass is 16.3. The van der Waals surface area contributed by atoms with Gasteiger partial charge in [-0.05, 0) is 24.3 Å². The van der Waals surface area contributed by atoms with Gasteiger partial charge in [0, 0.05) is 23.7 Å². The lowest BCUT2D eigenvalue weighted by Gasteiger charge is -2.02. The van der Waals surface area contributed by atoms with E-state index in [1.165, 1.54) is 6.92 Å². The molecule has 4 nitrogen and oxygen atoms in total. The van der Waals surface area contributed by atoms with Crippen LogP contribution in [0.25, 0.3) is 22.7 Å². The van der Waals surface area contributed by atoms with Crippen LogP contribution in [0.2, 0.25) is 0 Å². The summed E-state index contributed by atoms with van der Waals surface area (Å²) in [5, 5.41) is 2.72. The number of benzene rings is 2. The van der Waals surface area contributed by atoms with E-state index in [1.807, 2.05) is 54.6 Å². The molecule has 0 fully saturated rings. The molecule has 104 valence electrons. The van der Waals surface area contributed by atoms with Gasteiger partial charge in [0.2, 0.25) is 11.8 Å². The third-order valence-electron chi connectivity index (χ3n) is 3.03. The molecule has 1 amide bonds. The van der Waals surface area contributed by atoms with Crippen LogP contribution in [0.3, 0.4) is 0 Å². The zero-order valence-corrected chi connectivity index (χ0v) is 11.5. The van der Waals surface area contributed by atoms with Gasteiger partial charge in [-0.1, -0.05) is 30.3 Å². The fourth-order valence-corrected chi connectivity index (χ4v) is 2.05. The first-order valence-corrected chi connectivity index (χ1v) is 6.61. The van der Waals surface area contributed by atoms with Gasteiger partial charge < -0.3 is 9.73 Å². The molecule has 2 aromatic carbocycles. The minimum atomic E-state index is -0.0924. The Morgan fingerprint density at radius 1 is 1.00 bits per heavy atom. The number of nitrogens with zero attached hydrogens (tertiary/aromatic N) is 1. The van der Waals surface area contributed by atoms with Crippen molar-refractivity contribution < 1.29 is 9.21 Å². The van der Waals surface area contributed by atoms with Gasteiger partial charge in [-0.3, -0.25) is 4.79 Å². The van der Waals surface area contributed by atoms with Gasteiger partial charge in [0.25, 0.3) is 0 Å². The first-order valence-electron chi connectivity index (χ1n) is 6.61. The number of carbonyl (C=O) groups is 1. The Morgan fingerprint density at radius 3 is 2.38 bits per heavy atom. The van der Waals surface area contributed by atoms with Crippen molar-refractivity contribution in [1.29, 1.82) is 0 Å². The van der Waals surface area contributed by atoms with Crippen LogP contribution >= 0.6 is 0 Å². The topological polar surface area (TPSA) is 55.1 Å². The molecule has 0 aliphatic heterocycles. The van der Waals surface area contributed by atoms with Crippen LogP contribution in [-0.4, -0.2) is 10.9 Å². The fraction of sp³-hybridized carbons (Fsp3) is 0.0588. The predicted molar refractivity (Wildman–Crippen MR) is 81.7 cm³/mol. The zero-order valence-electron chi connectivity index (χ0n) is 11.5. The SMILES string of the molecule is CC(=O)Nc1ccc(-c2nc(-c3ccccc3)co2)cc1. The normalized spacial score (nSPS) is 10.3. The summed E-state index contributed by atoms with van der Waals surface area (Å²) in [5.74, 6) is 0.466. The number of oxazole rings is 1. The number of anilines is 1. The van der Waals surface area contributed by atoms with Crippen LogP contribution in [0.1, 0.15) is 6.92 Å². The average molecular weight is 278 g/mol. The molecule has 0 aliphatic rings. The number of rotatable bonds is 3. The summed E-state index contributed by atoms with van der Waals surface area (Å²) in [6.07, 6.45) is 1.65. The van der Waals surface area contributed by atoms with Crippen molar-refractivity contribution in [2.75, 3.05) is 5.32 Å². The molecular formula is C17H14N2O2. The summed E-state index contributed by atoms with van der Waals surface area (Å²) in [4.78, 5) is 15.5. The Bertz CT molecular complexity index is 746. The predicted octanol–water partition coefficient (Wildman–Crippen LogP) is 3.97. The highest BCUT2D eigenvalue weighted by molar-refractivity contribution is 5.88. The second-order valence-corrected chi connectivity index (χ2v) is 4.66. The van der Waals surface area contributed by atoms with E-state index in [0.29, 0.717) is 5.89 Å². The maximum atomic E-state index is 11.0. The van der Waals surface area contributed by atoms with E-state index < -0.39 is 0 Å². The third-order valence-corrected chi connectivity index (χ3v) is 3.03. The van der Waals surface area contributed by atoms with E-state index in [1.54, 1.807) is 6.26 Å². The number of hydrogen-bond donors (Lipinski definition) is 1. The van der Waals surface area contributed by atoms with Crippen LogP contribution in [-0.2, 0) is 4.79 Å². The Hall–Kier alpha value is -2.88. The van der Waals surface area contributed by atoms with E-state index >= 15 is 0 Å². The molecule has 0 saturated heterocycles. The van der Waals surface area contributed by atoms with Crippen molar-refractivity contribution in [1.82, 2.24) is 4.98 Å². The molecule has 0 bridgehead atoms. The summed E-state index contributed by atoms with van der Waals surface area (Å²) >= 11 is 0. The minimum Gasteiger partial charge on any atom is -0.444 e. The molecule has 0 saturated carbocycles. The zero-order chi connectivity index (χ0) is 14.7. The molecule has 1 N–H and O–H groups in total. The van der Waals surface area contributed by atoms with Crippen LogP contribution in [0.15, 0.2) is 65.3 Å². The van der Waals surface area contributed by atoms with E-state index in [-0.39, 0.29) is 5.91 Å². The summed E-state index contributed by atoms with van der Waals surface area (Å²) in [6, 6.07) is 17.2. The van der Waals surface area contributed by atoms with Gasteiger partial charge in [0.15, 0.2) is 0 Å². The van der Waals surface area contributed by atoms with Crippen molar-refractivity contribution >= 4 is 11.6 Å². The molecular weight excluding hydrogens is 264 g/mol. The van der Waals surface area contributed by atoms with E-state index in [2.05, 4.69) is 10.3 Å². The standard InChI is InChI=1S/C17H14N2O2/c1-12(20)18-15-9-7-14(8-10-15)17-19-16(11-21-17)13-5-3-2-4-6-13/h2-11H,1H3,(H,18,20). The monoisotopic (exact) mass is 278 g/mol. The van der Waals surface area contributed by atoms with Gasteiger partial charge in [-0.2, -0.15) is 0 Å². The van der Waals surface area contributed by atoms with Crippen molar-refractivity contribution in [3.8, 4) is 22.7 Å². The van der Waals surface area contributed by atoms with Gasteiger partial charge >= 0.3 is 0 Å². The summed E-state index contributed by atoms with van der Waals surface area (Å²) in [5.41, 5.74) is 3.44. The Balaban J connectivity index is 1.85. The van der Waals surface area contributed by atoms with E-state index in [4.69, 9.17) is 4.42 Å². The summed E-state index contributed by atoms with van der Waals surface area (Å²) in [6.45, 7) is 1.48. The van der Waals surface area contributed by atoms with Crippen LogP contribution < -0.4 is 5.32 Å². The second-order valence-electron chi connectivity index (χ2n) is 4.66. The third kappa shape index (κ3) is 3.00. The maximum Gasteiger partial charge on any atom is 0.226 e. The molecule has 0 spiro atoms. The minimum absolute atomic E-state index is 0.0924. The number of hydrogen-bond acceptors (Lipinski definition) is 3. The molecule has 1 aromatic heterocycles. The smallest absolute Gasteiger partial charge is 0.226 e. The van der Waals surface area contributed by atoms with Crippen LogP contribution in [0.4, 0.5) is 5.69 Å². The first-order chi connectivity index (χ1) is 10.2. The largest absolute Gasteiger partial charge is 0.444 e. The number of amides is 1. The molecule has 0 unspecified atom stereocenters. The Labute approximate surface area is 122 Å². The fourth-order valence-electron chi connectivity index (χ4n) is 2.05. The second kappa shape index (κ2) is 5.63. The molecule has 4 heteroatoms. The maximum absolute atomic E-state index is 11.0.